The van der Waals surface area contributed by atoms with Gasteiger partial charge in [-0.2, -0.15) is 0 Å². The molecule has 0 aromatic heterocycles. The molecule has 0 bridgehead atoms. The topological polar surface area (TPSA) is 56.8 Å². The number of nitrogens with one attached hydrogen (secondary N) is 1. The molecule has 2 atom stereocenters. The van der Waals surface area contributed by atoms with E-state index in [9.17, 15) is 4.79 Å². The summed E-state index contributed by atoms with van der Waals surface area (Å²) in [6, 6.07) is 5.42. The number of amides is 1. The SMILES string of the molecule is CCCCCCCCc1ccc(CCC2(NC(=O)OC(C)(C)C)COC(C)(C)OC2)c(C2(F)B(F)CCC2F)c1. The summed E-state index contributed by atoms with van der Waals surface area (Å²) in [7, 11) is 0. The zero-order chi connectivity index (χ0) is 29.6. The predicted octanol–water partition coefficient (Wildman–Crippen LogP) is 7.98. The molecular weight excluding hydrogens is 518 g/mol. The molecule has 2 fully saturated rings. The van der Waals surface area contributed by atoms with E-state index in [1.54, 1.807) is 46.8 Å². The van der Waals surface area contributed by atoms with Gasteiger partial charge in [0.05, 0.1) is 18.8 Å². The Balaban J connectivity index is 1.83. The van der Waals surface area contributed by atoms with Crippen LogP contribution in [0.3, 0.4) is 0 Å². The van der Waals surface area contributed by atoms with Crippen molar-refractivity contribution < 1.29 is 32.1 Å². The molecule has 0 radical (unpaired) electrons. The van der Waals surface area contributed by atoms with E-state index in [2.05, 4.69) is 12.2 Å². The average Bonchev–Trinajstić information content (AvgIpc) is 3.13. The number of hydrogen-bond donors (Lipinski definition) is 1. The number of aryl methyl sites for hydroxylation is 2. The van der Waals surface area contributed by atoms with Crippen LogP contribution in [0.5, 0.6) is 0 Å². The molecule has 0 aliphatic carbocycles. The normalized spacial score (nSPS) is 24.2. The van der Waals surface area contributed by atoms with Crippen LogP contribution >= 0.6 is 0 Å². The van der Waals surface area contributed by atoms with Crippen LogP contribution in [0.15, 0.2) is 18.2 Å². The van der Waals surface area contributed by atoms with E-state index in [0.717, 1.165) is 31.2 Å². The lowest BCUT2D eigenvalue weighted by Gasteiger charge is -2.44. The molecule has 40 heavy (non-hydrogen) atoms. The van der Waals surface area contributed by atoms with Gasteiger partial charge < -0.3 is 23.8 Å². The van der Waals surface area contributed by atoms with E-state index in [-0.39, 0.29) is 37.9 Å². The van der Waals surface area contributed by atoms with Crippen molar-refractivity contribution in [2.45, 2.75) is 141 Å². The predicted molar refractivity (Wildman–Crippen MR) is 154 cm³/mol. The molecule has 0 spiro atoms. The molecular formula is C31H49BF3NO4. The third-order valence-corrected chi connectivity index (χ3v) is 8.02. The molecule has 1 aromatic rings. The molecule has 1 aromatic carbocycles. The van der Waals surface area contributed by atoms with Crippen molar-refractivity contribution in [1.82, 2.24) is 5.32 Å². The maximum atomic E-state index is 16.3. The van der Waals surface area contributed by atoms with Crippen LogP contribution in [0, 0.1) is 0 Å². The van der Waals surface area contributed by atoms with Crippen LogP contribution in [0.25, 0.3) is 0 Å². The monoisotopic (exact) mass is 567 g/mol. The van der Waals surface area contributed by atoms with E-state index >= 15 is 13.1 Å². The lowest BCUT2D eigenvalue weighted by Crippen LogP contribution is -2.61. The first-order valence-corrected chi connectivity index (χ1v) is 15.1. The zero-order valence-electron chi connectivity index (χ0n) is 25.3. The molecule has 2 unspecified atom stereocenters. The Morgan fingerprint density at radius 2 is 1.75 bits per heavy atom. The highest BCUT2D eigenvalue weighted by molar-refractivity contribution is 6.55. The number of ether oxygens (including phenoxy) is 3. The summed E-state index contributed by atoms with van der Waals surface area (Å²) >= 11 is 0. The quantitative estimate of drug-likeness (QED) is 0.206. The minimum atomic E-state index is -2.68. The van der Waals surface area contributed by atoms with Gasteiger partial charge in [0.2, 0.25) is 0 Å². The van der Waals surface area contributed by atoms with Crippen LogP contribution in [0.1, 0.15) is 110 Å². The van der Waals surface area contributed by atoms with Crippen LogP contribution < -0.4 is 5.32 Å². The molecule has 2 saturated heterocycles. The molecule has 0 saturated carbocycles. The van der Waals surface area contributed by atoms with Crippen LogP contribution in [-0.2, 0) is 32.6 Å². The van der Waals surface area contributed by atoms with Gasteiger partial charge in [0.1, 0.15) is 11.8 Å². The largest absolute Gasteiger partial charge is 0.444 e. The first kappa shape index (κ1) is 32.8. The van der Waals surface area contributed by atoms with Crippen LogP contribution in [0.4, 0.5) is 17.9 Å². The van der Waals surface area contributed by atoms with Crippen molar-refractivity contribution in [1.29, 1.82) is 0 Å². The minimum Gasteiger partial charge on any atom is -0.444 e. The Morgan fingerprint density at radius 3 is 2.35 bits per heavy atom. The van der Waals surface area contributed by atoms with E-state index in [0.29, 0.717) is 12.0 Å². The fourth-order valence-electron chi connectivity index (χ4n) is 5.59. The van der Waals surface area contributed by atoms with Gasteiger partial charge >= 0.3 is 13.1 Å². The van der Waals surface area contributed by atoms with Crippen molar-refractivity contribution in [3.63, 3.8) is 0 Å². The van der Waals surface area contributed by atoms with Crippen molar-refractivity contribution >= 4 is 13.1 Å². The summed E-state index contributed by atoms with van der Waals surface area (Å²) in [5.74, 6) is -0.821. The molecule has 1 N–H and O–H groups in total. The molecule has 2 aliphatic rings. The highest BCUT2D eigenvalue weighted by Crippen LogP contribution is 2.46. The van der Waals surface area contributed by atoms with Crippen LogP contribution in [0.2, 0.25) is 6.32 Å². The molecule has 226 valence electrons. The maximum absolute atomic E-state index is 16.3. The fourth-order valence-corrected chi connectivity index (χ4v) is 5.59. The standard InChI is InChI=1S/C31H49BF3NO4/c1-7-8-9-10-11-12-13-23-14-15-24(25(20-23)31(34)26(33)17-19-32(31)35)16-18-30(21-38-29(5,6)39-22-30)36-27(37)40-28(2,3)4/h14-15,20,26H,7-13,16-19,21-22H2,1-6H3,(H,36,37). The van der Waals surface area contributed by atoms with E-state index in [1.165, 1.54) is 19.3 Å². The second-order valence-corrected chi connectivity index (χ2v) is 13.2. The Hall–Kier alpha value is -1.74. The number of benzene rings is 1. The number of rotatable bonds is 12. The summed E-state index contributed by atoms with van der Waals surface area (Å²) in [5, 5.41) is 2.92. The number of carbonyl (C=O) groups is 1. The van der Waals surface area contributed by atoms with Gasteiger partial charge in [-0.05, 0) is 89.7 Å². The molecule has 1 amide bonds. The third kappa shape index (κ3) is 8.64. The average molecular weight is 568 g/mol. The second kappa shape index (κ2) is 13.5. The fraction of sp³-hybridized carbons (Fsp3) is 0.774. The summed E-state index contributed by atoms with van der Waals surface area (Å²) < 4.78 is 63.5. The van der Waals surface area contributed by atoms with Gasteiger partial charge in [-0.3, -0.25) is 0 Å². The number of alkyl halides is 2. The number of alkyl carbamates (subject to hydrolysis) is 1. The van der Waals surface area contributed by atoms with E-state index in [4.69, 9.17) is 14.2 Å². The van der Waals surface area contributed by atoms with Gasteiger partial charge in [-0.25, -0.2) is 13.6 Å². The van der Waals surface area contributed by atoms with Crippen molar-refractivity contribution in [3.05, 3.63) is 34.9 Å². The Bertz CT molecular complexity index is 964. The Kier molecular flexibility index (Phi) is 11.1. The first-order valence-electron chi connectivity index (χ1n) is 15.1. The summed E-state index contributed by atoms with van der Waals surface area (Å²) in [4.78, 5) is 12.7. The lowest BCUT2D eigenvalue weighted by molar-refractivity contribution is -0.271. The van der Waals surface area contributed by atoms with E-state index in [1.807, 2.05) is 6.07 Å². The second-order valence-electron chi connectivity index (χ2n) is 13.2. The Labute approximate surface area is 239 Å². The highest BCUT2D eigenvalue weighted by atomic mass is 19.2. The molecule has 5 nitrogen and oxygen atoms in total. The molecule has 2 heterocycles. The molecule has 2 aliphatic heterocycles. The van der Waals surface area contributed by atoms with Gasteiger partial charge in [-0.15, -0.1) is 0 Å². The number of unbranched alkanes of at least 4 members (excludes halogenated alkanes) is 5. The number of hydrogen-bond acceptors (Lipinski definition) is 4. The summed E-state index contributed by atoms with van der Waals surface area (Å²) in [6.45, 7) is 9.50. The van der Waals surface area contributed by atoms with Crippen molar-refractivity contribution in [2.24, 2.45) is 0 Å². The zero-order valence-corrected chi connectivity index (χ0v) is 25.3. The van der Waals surface area contributed by atoms with Crippen molar-refractivity contribution in [2.75, 3.05) is 13.2 Å². The maximum Gasteiger partial charge on any atom is 0.408 e. The van der Waals surface area contributed by atoms with Crippen molar-refractivity contribution in [3.8, 4) is 0 Å². The van der Waals surface area contributed by atoms with Gasteiger partial charge in [0, 0.05) is 0 Å². The summed E-state index contributed by atoms with van der Waals surface area (Å²) in [6.07, 6.45) is 5.32. The highest BCUT2D eigenvalue weighted by Gasteiger charge is 2.58. The van der Waals surface area contributed by atoms with E-state index < -0.39 is 41.7 Å². The van der Waals surface area contributed by atoms with Gasteiger partial charge in [-0.1, -0.05) is 57.2 Å². The molecule has 3 rings (SSSR count). The molecule has 9 heteroatoms. The third-order valence-electron chi connectivity index (χ3n) is 8.02. The van der Waals surface area contributed by atoms with Gasteiger partial charge in [0.15, 0.2) is 11.4 Å². The van der Waals surface area contributed by atoms with Crippen LogP contribution in [-0.4, -0.2) is 49.4 Å². The number of halogens is 3. The Morgan fingerprint density at radius 1 is 1.10 bits per heavy atom. The van der Waals surface area contributed by atoms with Gasteiger partial charge in [0.25, 0.3) is 0 Å². The number of carbonyl (C=O) groups excluding carboxylic acids is 1. The lowest BCUT2D eigenvalue weighted by atomic mass is 9.55. The summed E-state index contributed by atoms with van der Waals surface area (Å²) in [5.41, 5.74) is -2.80. The smallest absolute Gasteiger partial charge is 0.408 e. The first-order chi connectivity index (χ1) is 18.7. The minimum absolute atomic E-state index is 0.0962.